The molecular weight excluding hydrogens is 383 g/mol. The Morgan fingerprint density at radius 3 is 2.50 bits per heavy atom. The van der Waals surface area contributed by atoms with Gasteiger partial charge in [0.15, 0.2) is 16.4 Å². The first-order valence-corrected chi connectivity index (χ1v) is 11.7. The predicted molar refractivity (Wildman–Crippen MR) is 103 cm³/mol. The third-order valence-corrected chi connectivity index (χ3v) is 9.07. The van der Waals surface area contributed by atoms with E-state index in [-0.39, 0.29) is 43.1 Å². The Morgan fingerprint density at radius 1 is 1.14 bits per heavy atom. The van der Waals surface area contributed by atoms with Crippen molar-refractivity contribution in [3.8, 4) is 5.75 Å². The highest BCUT2D eigenvalue weighted by molar-refractivity contribution is 7.93. The summed E-state index contributed by atoms with van der Waals surface area (Å²) in [7, 11) is -3.19. The standard InChI is InChI=1S/C20H27FN2O4S/c21-17-4-6-18(7-5-17)27-13-19(24)23-14-20(15-23)16(8-11-28(20,25)26)12-22-9-2-1-3-10-22/h4-7,16H,1-3,8-15H2. The number of ether oxygens (including phenoxy) is 1. The maximum Gasteiger partial charge on any atom is 0.260 e. The van der Waals surface area contributed by atoms with Crippen molar-refractivity contribution in [3.05, 3.63) is 30.1 Å². The molecule has 6 nitrogen and oxygen atoms in total. The van der Waals surface area contributed by atoms with Gasteiger partial charge in [-0.25, -0.2) is 12.8 Å². The molecule has 1 amide bonds. The van der Waals surface area contributed by atoms with E-state index in [9.17, 15) is 17.6 Å². The Kier molecular flexibility index (Phi) is 5.35. The van der Waals surface area contributed by atoms with Crippen LogP contribution in [0.3, 0.4) is 0 Å². The van der Waals surface area contributed by atoms with Crippen molar-refractivity contribution < 1.29 is 22.3 Å². The van der Waals surface area contributed by atoms with Crippen LogP contribution >= 0.6 is 0 Å². The minimum Gasteiger partial charge on any atom is -0.484 e. The highest BCUT2D eigenvalue weighted by Crippen LogP contribution is 2.45. The van der Waals surface area contributed by atoms with Gasteiger partial charge in [0.2, 0.25) is 0 Å². The summed E-state index contributed by atoms with van der Waals surface area (Å²) in [5, 5.41) is 0. The Labute approximate surface area is 165 Å². The fourth-order valence-electron chi connectivity index (χ4n) is 4.73. The van der Waals surface area contributed by atoms with Crippen molar-refractivity contribution in [1.29, 1.82) is 0 Å². The van der Waals surface area contributed by atoms with E-state index in [1.165, 1.54) is 43.5 Å². The zero-order valence-corrected chi connectivity index (χ0v) is 16.8. The smallest absolute Gasteiger partial charge is 0.260 e. The Hall–Kier alpha value is -1.67. The van der Waals surface area contributed by atoms with E-state index in [4.69, 9.17) is 4.74 Å². The molecule has 0 saturated carbocycles. The average molecular weight is 411 g/mol. The summed E-state index contributed by atoms with van der Waals surface area (Å²) in [4.78, 5) is 16.4. The first-order valence-electron chi connectivity index (χ1n) is 10.0. The van der Waals surface area contributed by atoms with Gasteiger partial charge in [-0.1, -0.05) is 6.42 Å². The fourth-order valence-corrected chi connectivity index (χ4v) is 7.13. The number of piperidine rings is 1. The molecule has 1 aromatic carbocycles. The third kappa shape index (κ3) is 3.64. The molecule has 0 radical (unpaired) electrons. The number of halogens is 1. The van der Waals surface area contributed by atoms with Crippen LogP contribution < -0.4 is 4.74 Å². The van der Waals surface area contributed by atoms with Crippen LogP contribution in [0.25, 0.3) is 0 Å². The molecule has 1 spiro atoms. The van der Waals surface area contributed by atoms with Crippen LogP contribution in [0.15, 0.2) is 24.3 Å². The first-order chi connectivity index (χ1) is 13.4. The number of nitrogens with zero attached hydrogens (tertiary/aromatic N) is 2. The average Bonchev–Trinajstić information content (AvgIpc) is 2.91. The number of benzene rings is 1. The second kappa shape index (κ2) is 7.63. The minimum atomic E-state index is -3.19. The molecule has 0 bridgehead atoms. The summed E-state index contributed by atoms with van der Waals surface area (Å²) >= 11 is 0. The molecule has 0 N–H and O–H groups in total. The summed E-state index contributed by atoms with van der Waals surface area (Å²) in [6, 6.07) is 5.48. The number of sulfone groups is 1. The Morgan fingerprint density at radius 2 is 1.82 bits per heavy atom. The molecule has 3 aliphatic heterocycles. The molecule has 0 aliphatic carbocycles. The third-order valence-electron chi connectivity index (χ3n) is 6.47. The zero-order chi connectivity index (χ0) is 19.8. The molecule has 1 aromatic rings. The normalized spacial score (nSPS) is 26.2. The lowest BCUT2D eigenvalue weighted by Crippen LogP contribution is -2.69. The second-order valence-corrected chi connectivity index (χ2v) is 10.7. The lowest BCUT2D eigenvalue weighted by atomic mass is 9.82. The van der Waals surface area contributed by atoms with Gasteiger partial charge in [-0.15, -0.1) is 0 Å². The van der Waals surface area contributed by atoms with E-state index < -0.39 is 14.6 Å². The molecular formula is C20H27FN2O4S. The van der Waals surface area contributed by atoms with E-state index in [0.717, 1.165) is 19.6 Å². The molecule has 1 atom stereocenters. The molecule has 3 saturated heterocycles. The van der Waals surface area contributed by atoms with E-state index in [1.807, 2.05) is 0 Å². The van der Waals surface area contributed by atoms with Crippen molar-refractivity contribution in [2.45, 2.75) is 30.4 Å². The van der Waals surface area contributed by atoms with Crippen molar-refractivity contribution >= 4 is 15.7 Å². The van der Waals surface area contributed by atoms with E-state index in [1.54, 1.807) is 4.90 Å². The molecule has 3 heterocycles. The van der Waals surface area contributed by atoms with Crippen LogP contribution in [0.2, 0.25) is 0 Å². The van der Waals surface area contributed by atoms with Gasteiger partial charge in [-0.3, -0.25) is 4.79 Å². The van der Waals surface area contributed by atoms with Gasteiger partial charge < -0.3 is 14.5 Å². The number of rotatable bonds is 5. The quantitative estimate of drug-likeness (QED) is 0.739. The van der Waals surface area contributed by atoms with Gasteiger partial charge >= 0.3 is 0 Å². The molecule has 154 valence electrons. The van der Waals surface area contributed by atoms with Crippen LogP contribution in [-0.4, -0.2) is 74.0 Å². The number of carbonyl (C=O) groups is 1. The van der Waals surface area contributed by atoms with E-state index in [0.29, 0.717) is 12.2 Å². The SMILES string of the molecule is O=C(COc1ccc(F)cc1)N1CC2(C1)C(CN1CCCCC1)CCS2(=O)=O. The number of carbonyl (C=O) groups excluding carboxylic acids is 1. The van der Waals surface area contributed by atoms with E-state index in [2.05, 4.69) is 4.90 Å². The second-order valence-electron chi connectivity index (χ2n) is 8.22. The highest BCUT2D eigenvalue weighted by Gasteiger charge is 2.62. The zero-order valence-electron chi connectivity index (χ0n) is 16.0. The van der Waals surface area contributed by atoms with Gasteiger partial charge in [0.05, 0.1) is 5.75 Å². The summed E-state index contributed by atoms with van der Waals surface area (Å²) in [5.41, 5.74) is 0. The first kappa shape index (κ1) is 19.6. The molecule has 0 aromatic heterocycles. The number of hydrogen-bond acceptors (Lipinski definition) is 5. The van der Waals surface area contributed by atoms with Gasteiger partial charge in [0.25, 0.3) is 5.91 Å². The van der Waals surface area contributed by atoms with Crippen molar-refractivity contribution in [1.82, 2.24) is 9.80 Å². The van der Waals surface area contributed by atoms with Crippen molar-refractivity contribution in [3.63, 3.8) is 0 Å². The van der Waals surface area contributed by atoms with Crippen molar-refractivity contribution in [2.24, 2.45) is 5.92 Å². The monoisotopic (exact) mass is 410 g/mol. The summed E-state index contributed by atoms with van der Waals surface area (Å²) in [6.07, 6.45) is 4.30. The highest BCUT2D eigenvalue weighted by atomic mass is 32.2. The summed E-state index contributed by atoms with van der Waals surface area (Å²) in [5.74, 6) is 0.141. The molecule has 4 rings (SSSR count). The van der Waals surface area contributed by atoms with Gasteiger partial charge in [-0.2, -0.15) is 0 Å². The van der Waals surface area contributed by atoms with Gasteiger partial charge in [-0.05, 0) is 62.5 Å². The van der Waals surface area contributed by atoms with Crippen LogP contribution in [0.1, 0.15) is 25.7 Å². The fraction of sp³-hybridized carbons (Fsp3) is 0.650. The Balaban J connectivity index is 1.35. The van der Waals surface area contributed by atoms with Crippen LogP contribution in [-0.2, 0) is 14.6 Å². The molecule has 28 heavy (non-hydrogen) atoms. The summed E-state index contributed by atoms with van der Waals surface area (Å²) < 4.78 is 43.1. The van der Waals surface area contributed by atoms with Crippen LogP contribution in [0.4, 0.5) is 4.39 Å². The van der Waals surface area contributed by atoms with E-state index >= 15 is 0 Å². The largest absolute Gasteiger partial charge is 0.484 e. The summed E-state index contributed by atoms with van der Waals surface area (Å²) in [6.45, 7) is 3.26. The van der Waals surface area contributed by atoms with Crippen LogP contribution in [0.5, 0.6) is 5.75 Å². The lowest BCUT2D eigenvalue weighted by Gasteiger charge is -2.50. The lowest BCUT2D eigenvalue weighted by molar-refractivity contribution is -0.139. The van der Waals surface area contributed by atoms with Gasteiger partial charge in [0.1, 0.15) is 16.3 Å². The van der Waals surface area contributed by atoms with Crippen molar-refractivity contribution in [2.75, 3.05) is 45.1 Å². The number of hydrogen-bond donors (Lipinski definition) is 0. The number of likely N-dealkylation sites (tertiary alicyclic amines) is 2. The number of amides is 1. The molecule has 3 aliphatic rings. The Bertz CT molecular complexity index is 815. The molecule has 3 fully saturated rings. The topological polar surface area (TPSA) is 66.9 Å². The minimum absolute atomic E-state index is 0.0951. The van der Waals surface area contributed by atoms with Crippen LogP contribution in [0, 0.1) is 11.7 Å². The predicted octanol–water partition coefficient (Wildman–Crippen LogP) is 1.71. The maximum absolute atomic E-state index is 12.9. The molecule has 1 unspecified atom stereocenters. The maximum atomic E-state index is 12.9. The van der Waals surface area contributed by atoms with Gasteiger partial charge in [0, 0.05) is 19.6 Å². The molecule has 8 heteroatoms.